The molecule has 0 aliphatic carbocycles. The molecule has 3 aromatic rings. The number of hydrogen-bond donors (Lipinski definition) is 2. The minimum atomic E-state index is -0.384. The molecule has 186 valence electrons. The molecule has 0 spiro atoms. The van der Waals surface area contributed by atoms with Gasteiger partial charge in [-0.3, -0.25) is 14.5 Å². The summed E-state index contributed by atoms with van der Waals surface area (Å²) >= 11 is 1.48. The lowest BCUT2D eigenvalue weighted by atomic mass is 10.1. The highest BCUT2D eigenvalue weighted by Gasteiger charge is 2.33. The first-order valence-electron chi connectivity index (χ1n) is 12.1. The van der Waals surface area contributed by atoms with Gasteiger partial charge < -0.3 is 19.9 Å². The highest BCUT2D eigenvalue weighted by Crippen LogP contribution is 2.36. The van der Waals surface area contributed by atoms with Gasteiger partial charge in [-0.25, -0.2) is 9.18 Å². The van der Waals surface area contributed by atoms with Gasteiger partial charge in [-0.2, -0.15) is 0 Å². The van der Waals surface area contributed by atoms with Gasteiger partial charge in [0, 0.05) is 28.8 Å². The van der Waals surface area contributed by atoms with Crippen molar-refractivity contribution in [3.8, 4) is 0 Å². The van der Waals surface area contributed by atoms with E-state index in [0.29, 0.717) is 42.2 Å². The van der Waals surface area contributed by atoms with Crippen LogP contribution in [-0.2, 0) is 16.1 Å². The highest BCUT2D eigenvalue weighted by molar-refractivity contribution is 8.00. The van der Waals surface area contributed by atoms with Crippen LogP contribution < -0.4 is 21.1 Å². The van der Waals surface area contributed by atoms with Crippen LogP contribution in [0.25, 0.3) is 10.9 Å². The second-order valence-corrected chi connectivity index (χ2v) is 10.3. The fourth-order valence-corrected chi connectivity index (χ4v) is 6.03. The summed E-state index contributed by atoms with van der Waals surface area (Å²) in [4.78, 5) is 39.0. The van der Waals surface area contributed by atoms with Crippen molar-refractivity contribution in [3.05, 3.63) is 64.2 Å². The predicted octanol–water partition coefficient (Wildman–Crippen LogP) is 4.02. The van der Waals surface area contributed by atoms with Crippen LogP contribution in [0, 0.1) is 5.82 Å². The predicted molar refractivity (Wildman–Crippen MR) is 136 cm³/mol. The maximum absolute atomic E-state index is 14.6. The number of ether oxygens (including phenoxy) is 1. The zero-order valence-corrected chi connectivity index (χ0v) is 20.3. The number of nitrogens with zero attached hydrogens (tertiary/aromatic N) is 2. The van der Waals surface area contributed by atoms with E-state index in [0.717, 1.165) is 35.2 Å². The molecule has 1 saturated heterocycles. The minimum absolute atomic E-state index is 0.0481. The maximum Gasteiger partial charge on any atom is 0.414 e. The number of benzene rings is 2. The molecule has 2 N–H and O–H groups in total. The Labute approximate surface area is 210 Å². The number of carbonyl (C=O) groups is 2. The van der Waals surface area contributed by atoms with Crippen LogP contribution in [-0.4, -0.2) is 41.5 Å². The Balaban J connectivity index is 1.02. The molecule has 0 saturated carbocycles. The summed E-state index contributed by atoms with van der Waals surface area (Å²) < 4.78 is 21.8. The van der Waals surface area contributed by atoms with E-state index in [1.807, 2.05) is 18.2 Å². The molecule has 36 heavy (non-hydrogen) atoms. The molecule has 0 bridgehead atoms. The number of cyclic esters (lactones) is 1. The summed E-state index contributed by atoms with van der Waals surface area (Å²) in [6, 6.07) is 11.8. The summed E-state index contributed by atoms with van der Waals surface area (Å²) in [5.74, 6) is 0.0505. The SMILES string of the molecule is O=C1CSc2ccc(N3C[C@H](CCCCN[C@@H]4Cn5c(=O)ccc6ccc(F)c4c65)OC3=O)cc2N1. The van der Waals surface area contributed by atoms with E-state index in [9.17, 15) is 18.8 Å². The third kappa shape index (κ3) is 4.14. The Morgan fingerprint density at radius 2 is 1.94 bits per heavy atom. The molecule has 4 heterocycles. The molecule has 1 fully saturated rings. The van der Waals surface area contributed by atoms with Crippen LogP contribution in [0.15, 0.2) is 52.2 Å². The first kappa shape index (κ1) is 23.1. The van der Waals surface area contributed by atoms with Gasteiger partial charge in [0.05, 0.1) is 29.5 Å². The topological polar surface area (TPSA) is 92.7 Å². The van der Waals surface area contributed by atoms with E-state index in [2.05, 4.69) is 10.6 Å². The number of aromatic nitrogens is 1. The van der Waals surface area contributed by atoms with Crippen LogP contribution in [0.3, 0.4) is 0 Å². The van der Waals surface area contributed by atoms with Crippen molar-refractivity contribution in [2.75, 3.05) is 29.1 Å². The monoisotopic (exact) mass is 508 g/mol. The molecule has 0 unspecified atom stereocenters. The van der Waals surface area contributed by atoms with E-state index < -0.39 is 0 Å². The summed E-state index contributed by atoms with van der Waals surface area (Å²) in [5.41, 5.74) is 2.55. The highest BCUT2D eigenvalue weighted by atomic mass is 32.2. The average molecular weight is 509 g/mol. The Morgan fingerprint density at radius 1 is 1.08 bits per heavy atom. The van der Waals surface area contributed by atoms with Crippen LogP contribution in [0.1, 0.15) is 30.9 Å². The van der Waals surface area contributed by atoms with Crippen LogP contribution in [0.2, 0.25) is 0 Å². The molecule has 6 rings (SSSR count). The van der Waals surface area contributed by atoms with E-state index >= 15 is 0 Å². The van der Waals surface area contributed by atoms with Gasteiger partial charge in [0.15, 0.2) is 0 Å². The zero-order valence-electron chi connectivity index (χ0n) is 19.5. The number of hydrogen-bond acceptors (Lipinski definition) is 6. The number of halogens is 1. The fourth-order valence-electron chi connectivity index (χ4n) is 5.25. The second-order valence-electron chi connectivity index (χ2n) is 9.32. The average Bonchev–Trinajstić information content (AvgIpc) is 3.44. The molecule has 2 atom stereocenters. The number of fused-ring (bicyclic) bond motifs is 1. The molecule has 1 aromatic heterocycles. The molecule has 10 heteroatoms. The molecular weight excluding hydrogens is 483 g/mol. The quantitative estimate of drug-likeness (QED) is 0.469. The number of amides is 2. The van der Waals surface area contributed by atoms with Gasteiger partial charge in [0.1, 0.15) is 11.9 Å². The van der Waals surface area contributed by atoms with E-state index in [1.165, 1.54) is 23.9 Å². The Kier molecular flexibility index (Phi) is 5.93. The number of pyridine rings is 1. The van der Waals surface area contributed by atoms with Crippen molar-refractivity contribution in [1.29, 1.82) is 0 Å². The smallest absolute Gasteiger partial charge is 0.414 e. The van der Waals surface area contributed by atoms with Crippen molar-refractivity contribution in [3.63, 3.8) is 0 Å². The standard InChI is InChI=1S/C26H25FN4O4S/c27-18-7-4-15-5-9-23(33)31-13-20(24(18)25(15)31)28-10-2-1-3-17-12-30(26(34)35-17)16-6-8-21-19(11-16)29-22(32)14-36-21/h4-9,11,17,20,28H,1-3,10,12-14H2,(H,29,32)/t17-,20+/m0/s1. The van der Waals surface area contributed by atoms with E-state index in [4.69, 9.17) is 4.74 Å². The van der Waals surface area contributed by atoms with E-state index in [1.54, 1.807) is 21.6 Å². The lowest BCUT2D eigenvalue weighted by Gasteiger charge is -2.20. The lowest BCUT2D eigenvalue weighted by molar-refractivity contribution is -0.113. The van der Waals surface area contributed by atoms with Gasteiger partial charge >= 0.3 is 6.09 Å². The summed E-state index contributed by atoms with van der Waals surface area (Å²) in [6.07, 6.45) is 1.79. The van der Waals surface area contributed by atoms with Gasteiger partial charge in [-0.1, -0.05) is 0 Å². The molecule has 8 nitrogen and oxygen atoms in total. The first-order valence-corrected chi connectivity index (χ1v) is 13.1. The van der Waals surface area contributed by atoms with Gasteiger partial charge in [0.2, 0.25) is 5.91 Å². The fraction of sp³-hybridized carbons (Fsp3) is 0.346. The van der Waals surface area contributed by atoms with Crippen molar-refractivity contribution in [2.45, 2.75) is 42.8 Å². The molecule has 2 amide bonds. The van der Waals surface area contributed by atoms with Gasteiger partial charge in [-0.15, -0.1) is 11.8 Å². The van der Waals surface area contributed by atoms with Crippen molar-refractivity contribution < 1.29 is 18.7 Å². The van der Waals surface area contributed by atoms with Crippen LogP contribution in [0.4, 0.5) is 20.6 Å². The molecule has 0 radical (unpaired) electrons. The molecule has 2 aromatic carbocycles. The summed E-state index contributed by atoms with van der Waals surface area (Å²) in [5, 5.41) is 7.12. The van der Waals surface area contributed by atoms with Crippen molar-refractivity contribution >= 4 is 46.0 Å². The summed E-state index contributed by atoms with van der Waals surface area (Å²) in [6.45, 7) is 1.54. The number of thioether (sulfide) groups is 1. The van der Waals surface area contributed by atoms with Crippen molar-refractivity contribution in [2.24, 2.45) is 0 Å². The van der Waals surface area contributed by atoms with Gasteiger partial charge in [0.25, 0.3) is 5.56 Å². The third-order valence-electron chi connectivity index (χ3n) is 6.98. The number of nitrogens with one attached hydrogen (secondary N) is 2. The lowest BCUT2D eigenvalue weighted by Crippen LogP contribution is -2.26. The molecule has 3 aliphatic heterocycles. The number of unbranched alkanes of at least 4 members (excludes halogenated alkanes) is 1. The minimum Gasteiger partial charge on any atom is -0.444 e. The first-order chi connectivity index (χ1) is 17.5. The third-order valence-corrected chi connectivity index (χ3v) is 8.05. The van der Waals surface area contributed by atoms with Crippen LogP contribution in [0.5, 0.6) is 0 Å². The number of rotatable bonds is 7. The van der Waals surface area contributed by atoms with E-state index in [-0.39, 0.29) is 35.5 Å². The van der Waals surface area contributed by atoms with Gasteiger partial charge in [-0.05, 0) is 67.6 Å². The zero-order chi connectivity index (χ0) is 24.8. The largest absolute Gasteiger partial charge is 0.444 e. The summed E-state index contributed by atoms with van der Waals surface area (Å²) in [7, 11) is 0. The molecule has 3 aliphatic rings. The number of anilines is 2. The number of carbonyl (C=O) groups excluding carboxylic acids is 2. The Hall–Kier alpha value is -3.37. The van der Waals surface area contributed by atoms with Crippen LogP contribution >= 0.6 is 11.8 Å². The Bertz CT molecular complexity index is 1440. The molecular formula is C26H25FN4O4S. The normalized spacial score (nSPS) is 20.5. The maximum atomic E-state index is 14.6. The second kappa shape index (κ2) is 9.25. The van der Waals surface area contributed by atoms with Crippen molar-refractivity contribution in [1.82, 2.24) is 9.88 Å². The Morgan fingerprint density at radius 3 is 2.83 bits per heavy atom.